The van der Waals surface area contributed by atoms with Crippen LogP contribution in [0.3, 0.4) is 0 Å². The maximum absolute atomic E-state index is 12.6. The van der Waals surface area contributed by atoms with Gasteiger partial charge in [-0.1, -0.05) is 57.2 Å². The Balaban J connectivity index is 1.99. The average Bonchev–Trinajstić information content (AvgIpc) is 2.99. The van der Waals surface area contributed by atoms with Gasteiger partial charge in [0, 0.05) is 23.5 Å². The minimum absolute atomic E-state index is 0.154. The minimum Gasteiger partial charge on any atom is -0.508 e. The van der Waals surface area contributed by atoms with Crippen molar-refractivity contribution in [1.82, 2.24) is 4.98 Å². The lowest BCUT2D eigenvalue weighted by Crippen LogP contribution is -2.35. The molecule has 7 heteroatoms. The largest absolute Gasteiger partial charge is 0.508 e. The van der Waals surface area contributed by atoms with Gasteiger partial charge in [-0.3, -0.25) is 0 Å². The highest BCUT2D eigenvalue weighted by atomic mass is 35.5. The van der Waals surface area contributed by atoms with E-state index in [2.05, 4.69) is 36.0 Å². The van der Waals surface area contributed by atoms with E-state index in [1.165, 1.54) is 0 Å². The number of rotatable bonds is 10. The van der Waals surface area contributed by atoms with Gasteiger partial charge in [-0.2, -0.15) is 10.2 Å². The third-order valence-corrected chi connectivity index (χ3v) is 7.70. The van der Waals surface area contributed by atoms with Crippen molar-refractivity contribution in [2.24, 2.45) is 16.1 Å². The van der Waals surface area contributed by atoms with E-state index in [0.717, 1.165) is 40.5 Å². The first kappa shape index (κ1) is 29.2. The smallest absolute Gasteiger partial charge is 0.214 e. The molecule has 0 aliphatic heterocycles. The predicted octanol–water partition coefficient (Wildman–Crippen LogP) is 7.65. The van der Waals surface area contributed by atoms with Crippen LogP contribution in [0.5, 0.6) is 11.6 Å². The number of pyridine rings is 1. The maximum Gasteiger partial charge on any atom is 0.214 e. The molecule has 208 valence electrons. The zero-order valence-corrected chi connectivity index (χ0v) is 24.4. The summed E-state index contributed by atoms with van der Waals surface area (Å²) >= 11 is 6.32. The van der Waals surface area contributed by atoms with Crippen LogP contribution in [0.1, 0.15) is 56.4 Å². The van der Waals surface area contributed by atoms with E-state index in [1.54, 1.807) is 38.4 Å². The van der Waals surface area contributed by atoms with Crippen molar-refractivity contribution >= 4 is 34.4 Å². The Labute approximate surface area is 241 Å². The summed E-state index contributed by atoms with van der Waals surface area (Å²) in [5, 5.41) is 32.3. The molecular formula is C33H36ClN3O3. The number of phenolic OH excluding ortho intramolecular Hbond substituents is 1. The fourth-order valence-corrected chi connectivity index (χ4v) is 5.01. The van der Waals surface area contributed by atoms with Gasteiger partial charge in [0.15, 0.2) is 5.60 Å². The molecule has 0 bridgehead atoms. The van der Waals surface area contributed by atoms with Crippen LogP contribution in [-0.2, 0) is 17.9 Å². The molecule has 0 aliphatic carbocycles. The Morgan fingerprint density at radius 3 is 2.48 bits per heavy atom. The molecule has 2 unspecified atom stereocenters. The summed E-state index contributed by atoms with van der Waals surface area (Å²) < 4.78 is 5.47. The Morgan fingerprint density at radius 2 is 1.80 bits per heavy atom. The van der Waals surface area contributed by atoms with Crippen molar-refractivity contribution in [3.05, 3.63) is 89.0 Å². The molecule has 0 amide bonds. The molecular weight excluding hydrogens is 522 g/mol. The Bertz CT molecular complexity index is 1570. The van der Waals surface area contributed by atoms with Crippen LogP contribution in [0.4, 0.5) is 0 Å². The molecule has 2 atom stereocenters. The lowest BCUT2D eigenvalue weighted by molar-refractivity contribution is 0.155. The third-order valence-electron chi connectivity index (χ3n) is 7.41. The SMILES string of the molecule is CCc1ccc(C(O)(/C(C)=N/N=C\C(C)CC)c2ccc3nc(OC)cc(-c4cccc(O)c4)c3c2)cc1CCl. The van der Waals surface area contributed by atoms with Crippen LogP contribution in [0.15, 0.2) is 76.9 Å². The predicted molar refractivity (Wildman–Crippen MR) is 165 cm³/mol. The van der Waals surface area contributed by atoms with Crippen molar-refractivity contribution in [1.29, 1.82) is 0 Å². The standard InChI is InChI=1S/C33H36ClN3O3/c1-6-21(3)20-35-37-22(4)33(39,26-12-11-23(7-2)25(15-26)19-34)27-13-14-31-30(17-27)29(18-32(36-31)40-5)24-9-8-10-28(38)16-24/h8-18,20-21,38-39H,6-7,19H2,1-5H3/b35-20-,37-22+. The van der Waals surface area contributed by atoms with Gasteiger partial charge in [0.05, 0.1) is 18.3 Å². The highest BCUT2D eigenvalue weighted by molar-refractivity contribution is 6.17. The molecule has 1 aromatic heterocycles. The Kier molecular flexibility index (Phi) is 9.23. The second-order valence-corrected chi connectivity index (χ2v) is 10.3. The molecule has 0 saturated carbocycles. The highest BCUT2D eigenvalue weighted by Gasteiger charge is 2.36. The van der Waals surface area contributed by atoms with E-state index in [1.807, 2.05) is 48.5 Å². The minimum atomic E-state index is -1.59. The van der Waals surface area contributed by atoms with Crippen molar-refractivity contribution in [2.45, 2.75) is 52.0 Å². The third kappa shape index (κ3) is 5.88. The number of hydrogen-bond donors (Lipinski definition) is 2. The average molecular weight is 558 g/mol. The van der Waals surface area contributed by atoms with Crippen LogP contribution >= 0.6 is 11.6 Å². The summed E-state index contributed by atoms with van der Waals surface area (Å²) in [6.45, 7) is 8.04. The number of ether oxygens (including phenoxy) is 1. The molecule has 2 N–H and O–H groups in total. The normalized spacial score (nSPS) is 14.4. The van der Waals surface area contributed by atoms with Gasteiger partial charge < -0.3 is 14.9 Å². The number of phenols is 1. The molecule has 1 heterocycles. The fraction of sp³-hybridized carbons (Fsp3) is 0.303. The molecule has 3 aromatic carbocycles. The fourth-order valence-electron chi connectivity index (χ4n) is 4.76. The quantitative estimate of drug-likeness (QED) is 0.119. The van der Waals surface area contributed by atoms with Crippen LogP contribution in [0.2, 0.25) is 0 Å². The van der Waals surface area contributed by atoms with Crippen LogP contribution in [0.25, 0.3) is 22.0 Å². The van der Waals surface area contributed by atoms with Gasteiger partial charge in [-0.15, -0.1) is 11.6 Å². The Morgan fingerprint density at radius 1 is 1.05 bits per heavy atom. The van der Waals surface area contributed by atoms with Crippen molar-refractivity contribution < 1.29 is 14.9 Å². The van der Waals surface area contributed by atoms with Crippen molar-refractivity contribution in [3.63, 3.8) is 0 Å². The lowest BCUT2D eigenvalue weighted by atomic mass is 9.80. The Hall–Kier alpha value is -3.74. The van der Waals surface area contributed by atoms with E-state index < -0.39 is 5.60 Å². The summed E-state index contributed by atoms with van der Waals surface area (Å²) in [5.41, 5.74) is 4.49. The first-order chi connectivity index (χ1) is 19.2. The number of fused-ring (bicyclic) bond motifs is 1. The van der Waals surface area contributed by atoms with Gasteiger partial charge in [-0.05, 0) is 83.3 Å². The van der Waals surface area contributed by atoms with Gasteiger partial charge in [0.1, 0.15) is 5.75 Å². The van der Waals surface area contributed by atoms with Gasteiger partial charge >= 0.3 is 0 Å². The van der Waals surface area contributed by atoms with Gasteiger partial charge in [-0.25, -0.2) is 4.98 Å². The van der Waals surface area contributed by atoms with Crippen molar-refractivity contribution in [3.8, 4) is 22.8 Å². The second-order valence-electron chi connectivity index (χ2n) is 10.0. The number of hydrogen-bond acceptors (Lipinski definition) is 6. The monoisotopic (exact) mass is 557 g/mol. The number of aromatic nitrogens is 1. The first-order valence-corrected chi connectivity index (χ1v) is 14.1. The van der Waals surface area contributed by atoms with Crippen LogP contribution in [0, 0.1) is 5.92 Å². The molecule has 0 aliphatic rings. The zero-order valence-electron chi connectivity index (χ0n) is 23.6. The zero-order chi connectivity index (χ0) is 28.9. The molecule has 4 rings (SSSR count). The molecule has 0 radical (unpaired) electrons. The number of aliphatic hydroxyl groups is 1. The summed E-state index contributed by atoms with van der Waals surface area (Å²) in [6.07, 6.45) is 3.58. The van der Waals surface area contributed by atoms with E-state index in [4.69, 9.17) is 16.3 Å². The lowest BCUT2D eigenvalue weighted by Gasteiger charge is -2.30. The van der Waals surface area contributed by atoms with E-state index >= 15 is 0 Å². The number of aryl methyl sites for hydroxylation is 1. The number of methoxy groups -OCH3 is 1. The number of benzene rings is 3. The topological polar surface area (TPSA) is 87.3 Å². The van der Waals surface area contributed by atoms with E-state index in [9.17, 15) is 10.2 Å². The number of aromatic hydroxyl groups is 1. The molecule has 0 spiro atoms. The van der Waals surface area contributed by atoms with Gasteiger partial charge in [0.25, 0.3) is 0 Å². The summed E-state index contributed by atoms with van der Waals surface area (Å²) in [6, 6.07) is 20.4. The number of nitrogens with zero attached hydrogens (tertiary/aromatic N) is 3. The number of halogens is 1. The van der Waals surface area contributed by atoms with Crippen molar-refractivity contribution in [2.75, 3.05) is 7.11 Å². The first-order valence-electron chi connectivity index (χ1n) is 13.5. The summed E-state index contributed by atoms with van der Waals surface area (Å²) in [4.78, 5) is 4.63. The summed E-state index contributed by atoms with van der Waals surface area (Å²) in [7, 11) is 1.57. The summed E-state index contributed by atoms with van der Waals surface area (Å²) in [5.74, 6) is 1.20. The van der Waals surface area contributed by atoms with Gasteiger partial charge in [0.2, 0.25) is 5.88 Å². The highest BCUT2D eigenvalue weighted by Crippen LogP contribution is 2.38. The second kappa shape index (κ2) is 12.6. The molecule has 0 saturated heterocycles. The van der Waals surface area contributed by atoms with Crippen LogP contribution in [-0.4, -0.2) is 34.2 Å². The molecule has 40 heavy (non-hydrogen) atoms. The molecule has 0 fully saturated rings. The molecule has 6 nitrogen and oxygen atoms in total. The number of alkyl halides is 1. The van der Waals surface area contributed by atoms with E-state index in [0.29, 0.717) is 34.1 Å². The van der Waals surface area contributed by atoms with Crippen LogP contribution < -0.4 is 4.74 Å². The maximum atomic E-state index is 12.6. The molecule has 4 aromatic rings. The van der Waals surface area contributed by atoms with E-state index in [-0.39, 0.29) is 11.7 Å².